The fraction of sp³-hybridized carbons (Fsp3) is 1.00. The molecule has 0 aromatic carbocycles. The molecule has 0 fully saturated rings. The predicted octanol–water partition coefficient (Wildman–Crippen LogP) is 2.42. The summed E-state index contributed by atoms with van der Waals surface area (Å²) in [5.41, 5.74) is 0. The molecule has 0 aliphatic rings. The summed E-state index contributed by atoms with van der Waals surface area (Å²) in [5.74, 6) is 0.870. The largest absolute Gasteiger partial charge is 0.317 e. The molecule has 0 aromatic heterocycles. The van der Waals surface area contributed by atoms with Gasteiger partial charge in [-0.2, -0.15) is 0 Å². The van der Waals surface area contributed by atoms with Crippen molar-refractivity contribution >= 4 is 0 Å². The second-order valence-electron chi connectivity index (χ2n) is 2.88. The van der Waals surface area contributed by atoms with Crippen LogP contribution in [0.2, 0.25) is 0 Å². The zero-order valence-electron chi connectivity index (χ0n) is 7.78. The maximum Gasteiger partial charge on any atom is 0.00894 e. The molecule has 0 aromatic rings. The molecule has 0 bridgehead atoms. The number of rotatable bonds is 5. The van der Waals surface area contributed by atoms with Crippen molar-refractivity contribution in [3.63, 3.8) is 0 Å². The summed E-state index contributed by atoms with van der Waals surface area (Å²) >= 11 is 0. The Labute approximate surface area is 65.2 Å². The molecule has 1 N–H and O–H groups in total. The van der Waals surface area contributed by atoms with E-state index in [-0.39, 0.29) is 0 Å². The van der Waals surface area contributed by atoms with Gasteiger partial charge in [0.1, 0.15) is 0 Å². The molecule has 0 aliphatic heterocycles. The van der Waals surface area contributed by atoms with Crippen LogP contribution in [0.15, 0.2) is 0 Å². The van der Waals surface area contributed by atoms with E-state index in [4.69, 9.17) is 0 Å². The summed E-state index contributed by atoms with van der Waals surface area (Å²) in [6, 6.07) is 0.731. The lowest BCUT2D eigenvalue weighted by molar-refractivity contribution is 0.343. The van der Waals surface area contributed by atoms with Gasteiger partial charge in [0, 0.05) is 6.04 Å². The van der Waals surface area contributed by atoms with Gasteiger partial charge < -0.3 is 5.32 Å². The maximum absolute atomic E-state index is 3.35. The Bertz CT molecular complexity index is 53.1. The lowest BCUT2D eigenvalue weighted by atomic mass is 9.93. The molecular formula is C9H21N. The van der Waals surface area contributed by atoms with Crippen molar-refractivity contribution in [2.75, 3.05) is 7.05 Å². The van der Waals surface area contributed by atoms with Crippen LogP contribution in [0.3, 0.4) is 0 Å². The highest BCUT2D eigenvalue weighted by molar-refractivity contribution is 4.70. The van der Waals surface area contributed by atoms with Gasteiger partial charge in [0.05, 0.1) is 0 Å². The van der Waals surface area contributed by atoms with E-state index in [1.165, 1.54) is 19.3 Å². The third-order valence-electron chi connectivity index (χ3n) is 2.43. The van der Waals surface area contributed by atoms with Crippen LogP contribution in [0.4, 0.5) is 0 Å². The van der Waals surface area contributed by atoms with Gasteiger partial charge >= 0.3 is 0 Å². The second kappa shape index (κ2) is 5.72. The second-order valence-corrected chi connectivity index (χ2v) is 2.88. The van der Waals surface area contributed by atoms with Crippen LogP contribution in [0.5, 0.6) is 0 Å². The minimum Gasteiger partial charge on any atom is -0.317 e. The van der Waals surface area contributed by atoms with Crippen molar-refractivity contribution in [1.29, 1.82) is 0 Å². The minimum atomic E-state index is 0.731. The average Bonchev–Trinajstić information content (AvgIpc) is 2.00. The monoisotopic (exact) mass is 143 g/mol. The van der Waals surface area contributed by atoms with E-state index in [9.17, 15) is 0 Å². The van der Waals surface area contributed by atoms with E-state index in [0.29, 0.717) is 0 Å². The zero-order chi connectivity index (χ0) is 7.98. The first-order valence-corrected chi connectivity index (χ1v) is 4.47. The van der Waals surface area contributed by atoms with Crippen LogP contribution in [0.1, 0.15) is 40.0 Å². The molecule has 1 unspecified atom stereocenters. The van der Waals surface area contributed by atoms with Crippen LogP contribution in [-0.4, -0.2) is 13.1 Å². The highest BCUT2D eigenvalue weighted by atomic mass is 14.9. The van der Waals surface area contributed by atoms with Crippen molar-refractivity contribution in [3.8, 4) is 0 Å². The fourth-order valence-electron chi connectivity index (χ4n) is 1.63. The van der Waals surface area contributed by atoms with Crippen LogP contribution in [0, 0.1) is 5.92 Å². The quantitative estimate of drug-likeness (QED) is 0.623. The van der Waals surface area contributed by atoms with Gasteiger partial charge in [-0.15, -0.1) is 0 Å². The van der Waals surface area contributed by atoms with E-state index < -0.39 is 0 Å². The highest BCUT2D eigenvalue weighted by Crippen LogP contribution is 2.14. The SMILES string of the molecule is CCC(CC)C(CC)NC. The van der Waals surface area contributed by atoms with Crippen molar-refractivity contribution in [2.45, 2.75) is 46.1 Å². The molecule has 0 aliphatic carbocycles. The molecule has 0 rings (SSSR count). The van der Waals surface area contributed by atoms with Gasteiger partial charge in [0.25, 0.3) is 0 Å². The van der Waals surface area contributed by atoms with Crippen molar-refractivity contribution in [3.05, 3.63) is 0 Å². The standard InChI is InChI=1S/C9H21N/c1-5-8(6-2)9(7-3)10-4/h8-10H,5-7H2,1-4H3. The third-order valence-corrected chi connectivity index (χ3v) is 2.43. The van der Waals surface area contributed by atoms with Crippen LogP contribution < -0.4 is 5.32 Å². The molecule has 0 heterocycles. The Morgan fingerprint density at radius 3 is 1.60 bits per heavy atom. The molecule has 1 heteroatoms. The van der Waals surface area contributed by atoms with E-state index in [1.54, 1.807) is 0 Å². The van der Waals surface area contributed by atoms with Crippen LogP contribution in [0.25, 0.3) is 0 Å². The Balaban J connectivity index is 3.70. The van der Waals surface area contributed by atoms with Gasteiger partial charge in [0.15, 0.2) is 0 Å². The third kappa shape index (κ3) is 2.70. The van der Waals surface area contributed by atoms with E-state index in [2.05, 4.69) is 33.1 Å². The summed E-state index contributed by atoms with van der Waals surface area (Å²) in [6.07, 6.45) is 3.86. The summed E-state index contributed by atoms with van der Waals surface area (Å²) in [6.45, 7) is 6.79. The van der Waals surface area contributed by atoms with Gasteiger partial charge in [-0.1, -0.05) is 33.6 Å². The Morgan fingerprint density at radius 1 is 1.00 bits per heavy atom. The molecule has 1 nitrogen and oxygen atoms in total. The van der Waals surface area contributed by atoms with Gasteiger partial charge in [-0.05, 0) is 19.4 Å². The first kappa shape index (κ1) is 9.96. The van der Waals surface area contributed by atoms with E-state index >= 15 is 0 Å². The van der Waals surface area contributed by atoms with E-state index in [1.807, 2.05) is 0 Å². The fourth-order valence-corrected chi connectivity index (χ4v) is 1.63. The molecule has 0 spiro atoms. The molecule has 1 atom stereocenters. The van der Waals surface area contributed by atoms with E-state index in [0.717, 1.165) is 12.0 Å². The maximum atomic E-state index is 3.35. The normalized spacial score (nSPS) is 14.1. The molecule has 0 radical (unpaired) electrons. The molecule has 0 saturated carbocycles. The zero-order valence-corrected chi connectivity index (χ0v) is 7.78. The molecule has 10 heavy (non-hydrogen) atoms. The van der Waals surface area contributed by atoms with Gasteiger partial charge in [-0.3, -0.25) is 0 Å². The lowest BCUT2D eigenvalue weighted by Gasteiger charge is -2.23. The summed E-state index contributed by atoms with van der Waals surface area (Å²) in [5, 5.41) is 3.35. The summed E-state index contributed by atoms with van der Waals surface area (Å²) in [4.78, 5) is 0. The lowest BCUT2D eigenvalue weighted by Crippen LogP contribution is -2.32. The first-order chi connectivity index (χ1) is 4.79. The number of nitrogens with one attached hydrogen (secondary N) is 1. The Kier molecular flexibility index (Phi) is 5.70. The van der Waals surface area contributed by atoms with Crippen molar-refractivity contribution in [2.24, 2.45) is 5.92 Å². The molecular weight excluding hydrogens is 122 g/mol. The first-order valence-electron chi connectivity index (χ1n) is 4.47. The number of hydrogen-bond donors (Lipinski definition) is 1. The van der Waals surface area contributed by atoms with Crippen molar-refractivity contribution in [1.82, 2.24) is 5.32 Å². The Morgan fingerprint density at radius 2 is 1.50 bits per heavy atom. The topological polar surface area (TPSA) is 12.0 Å². The molecule has 62 valence electrons. The summed E-state index contributed by atoms with van der Waals surface area (Å²) in [7, 11) is 2.06. The Hall–Kier alpha value is -0.0400. The average molecular weight is 143 g/mol. The minimum absolute atomic E-state index is 0.731. The van der Waals surface area contributed by atoms with Gasteiger partial charge in [-0.25, -0.2) is 0 Å². The van der Waals surface area contributed by atoms with Crippen LogP contribution in [-0.2, 0) is 0 Å². The summed E-state index contributed by atoms with van der Waals surface area (Å²) < 4.78 is 0. The highest BCUT2D eigenvalue weighted by Gasteiger charge is 2.13. The molecule has 0 saturated heterocycles. The molecule has 0 amide bonds. The van der Waals surface area contributed by atoms with Crippen molar-refractivity contribution < 1.29 is 0 Å². The van der Waals surface area contributed by atoms with Crippen LogP contribution >= 0.6 is 0 Å². The number of hydrogen-bond acceptors (Lipinski definition) is 1. The smallest absolute Gasteiger partial charge is 0.00894 e. The van der Waals surface area contributed by atoms with Gasteiger partial charge in [0.2, 0.25) is 0 Å². The predicted molar refractivity (Wildman–Crippen MR) is 47.2 cm³/mol.